The van der Waals surface area contributed by atoms with E-state index >= 15 is 0 Å². The molecule has 0 spiro atoms. The summed E-state index contributed by atoms with van der Waals surface area (Å²) in [6.45, 7) is 2.07. The number of aryl methyl sites for hydroxylation is 1. The highest BCUT2D eigenvalue weighted by Crippen LogP contribution is 2.23. The number of amides is 1. The van der Waals surface area contributed by atoms with Crippen molar-refractivity contribution < 1.29 is 4.79 Å². The molecule has 1 aromatic rings. The molecule has 1 N–H and O–H groups in total. The SMILES string of the molecule is CCc1ccccc1C(=O)NC1CCCCC1Cl. The van der Waals surface area contributed by atoms with E-state index in [4.69, 9.17) is 11.6 Å². The number of hydrogen-bond donors (Lipinski definition) is 1. The maximum absolute atomic E-state index is 12.3. The van der Waals surface area contributed by atoms with Crippen molar-refractivity contribution in [3.05, 3.63) is 35.4 Å². The minimum atomic E-state index is 0.0185. The minimum absolute atomic E-state index is 0.0185. The quantitative estimate of drug-likeness (QED) is 0.833. The molecule has 1 amide bonds. The number of nitrogens with one attached hydrogen (secondary N) is 1. The molecule has 1 fully saturated rings. The van der Waals surface area contributed by atoms with E-state index in [1.54, 1.807) is 0 Å². The van der Waals surface area contributed by atoms with Gasteiger partial charge in [0.2, 0.25) is 0 Å². The first kappa shape index (κ1) is 13.4. The summed E-state index contributed by atoms with van der Waals surface area (Å²) in [4.78, 5) is 12.3. The highest BCUT2D eigenvalue weighted by atomic mass is 35.5. The van der Waals surface area contributed by atoms with Gasteiger partial charge >= 0.3 is 0 Å². The molecule has 0 aliphatic heterocycles. The third kappa shape index (κ3) is 3.05. The number of halogens is 1. The van der Waals surface area contributed by atoms with Crippen molar-refractivity contribution in [2.45, 2.75) is 50.4 Å². The van der Waals surface area contributed by atoms with E-state index in [0.29, 0.717) is 0 Å². The van der Waals surface area contributed by atoms with E-state index in [0.717, 1.165) is 36.8 Å². The van der Waals surface area contributed by atoms with Crippen LogP contribution < -0.4 is 5.32 Å². The summed E-state index contributed by atoms with van der Waals surface area (Å²) < 4.78 is 0. The van der Waals surface area contributed by atoms with Crippen LogP contribution in [0.1, 0.15) is 48.5 Å². The number of rotatable bonds is 3. The van der Waals surface area contributed by atoms with Crippen LogP contribution in [0, 0.1) is 0 Å². The standard InChI is InChI=1S/C15H20ClNO/c1-2-11-7-3-4-8-12(11)15(18)17-14-10-6-5-9-13(14)16/h3-4,7-8,13-14H,2,5-6,9-10H2,1H3,(H,17,18). The fraction of sp³-hybridized carbons (Fsp3) is 0.533. The molecule has 0 heterocycles. The lowest BCUT2D eigenvalue weighted by Gasteiger charge is -2.28. The molecule has 98 valence electrons. The molecule has 1 aliphatic carbocycles. The zero-order valence-electron chi connectivity index (χ0n) is 10.8. The van der Waals surface area contributed by atoms with Gasteiger partial charge in [0.15, 0.2) is 0 Å². The van der Waals surface area contributed by atoms with Crippen molar-refractivity contribution in [2.75, 3.05) is 0 Å². The van der Waals surface area contributed by atoms with E-state index in [1.807, 2.05) is 24.3 Å². The molecule has 0 saturated heterocycles. The van der Waals surface area contributed by atoms with Crippen LogP contribution in [0.3, 0.4) is 0 Å². The monoisotopic (exact) mass is 265 g/mol. The Morgan fingerprint density at radius 3 is 2.78 bits per heavy atom. The fourth-order valence-electron chi connectivity index (χ4n) is 2.54. The largest absolute Gasteiger partial charge is 0.348 e. The Labute approximate surface area is 114 Å². The molecule has 0 radical (unpaired) electrons. The Kier molecular flexibility index (Phi) is 4.65. The molecule has 18 heavy (non-hydrogen) atoms. The van der Waals surface area contributed by atoms with Crippen LogP contribution in [0.2, 0.25) is 0 Å². The second kappa shape index (κ2) is 6.24. The van der Waals surface area contributed by atoms with Gasteiger partial charge in [-0.05, 0) is 30.9 Å². The Morgan fingerprint density at radius 2 is 2.06 bits per heavy atom. The first-order chi connectivity index (χ1) is 8.72. The molecule has 2 nitrogen and oxygen atoms in total. The summed E-state index contributed by atoms with van der Waals surface area (Å²) in [5.74, 6) is 0.0185. The van der Waals surface area contributed by atoms with Crippen LogP contribution in [-0.4, -0.2) is 17.3 Å². The normalized spacial score (nSPS) is 23.7. The lowest BCUT2D eigenvalue weighted by molar-refractivity contribution is 0.0928. The molecular formula is C15H20ClNO. The van der Waals surface area contributed by atoms with E-state index in [2.05, 4.69) is 12.2 Å². The van der Waals surface area contributed by atoms with Gasteiger partial charge in [-0.15, -0.1) is 11.6 Å². The molecule has 2 rings (SSSR count). The first-order valence-electron chi connectivity index (χ1n) is 6.75. The number of hydrogen-bond acceptors (Lipinski definition) is 1. The van der Waals surface area contributed by atoms with E-state index in [1.165, 1.54) is 6.42 Å². The van der Waals surface area contributed by atoms with Crippen molar-refractivity contribution in [3.8, 4) is 0 Å². The maximum atomic E-state index is 12.3. The topological polar surface area (TPSA) is 29.1 Å². The second-order valence-corrected chi connectivity index (χ2v) is 5.45. The van der Waals surface area contributed by atoms with Gasteiger partial charge in [-0.25, -0.2) is 0 Å². The smallest absolute Gasteiger partial charge is 0.251 e. The van der Waals surface area contributed by atoms with Gasteiger partial charge in [0, 0.05) is 11.6 Å². The van der Waals surface area contributed by atoms with Crippen molar-refractivity contribution in [1.29, 1.82) is 0 Å². The summed E-state index contributed by atoms with van der Waals surface area (Å²) in [6.07, 6.45) is 5.20. The van der Waals surface area contributed by atoms with E-state index in [9.17, 15) is 4.79 Å². The van der Waals surface area contributed by atoms with Gasteiger partial charge < -0.3 is 5.32 Å². The molecule has 3 heteroatoms. The van der Waals surface area contributed by atoms with Gasteiger partial charge in [0.1, 0.15) is 0 Å². The minimum Gasteiger partial charge on any atom is -0.348 e. The number of carbonyl (C=O) groups is 1. The Hall–Kier alpha value is -1.02. The summed E-state index contributed by atoms with van der Waals surface area (Å²) in [5.41, 5.74) is 1.88. The van der Waals surface area contributed by atoms with E-state index < -0.39 is 0 Å². The molecule has 1 aliphatic rings. The zero-order chi connectivity index (χ0) is 13.0. The highest BCUT2D eigenvalue weighted by Gasteiger charge is 2.25. The number of alkyl halides is 1. The lowest BCUT2D eigenvalue weighted by Crippen LogP contribution is -2.43. The molecule has 0 bridgehead atoms. The Bertz CT molecular complexity index is 419. The summed E-state index contributed by atoms with van der Waals surface area (Å²) in [5, 5.41) is 3.17. The Morgan fingerprint density at radius 1 is 1.33 bits per heavy atom. The van der Waals surface area contributed by atoms with Gasteiger partial charge in [-0.1, -0.05) is 38.0 Å². The molecule has 2 atom stereocenters. The van der Waals surface area contributed by atoms with Gasteiger partial charge in [0.25, 0.3) is 5.91 Å². The summed E-state index contributed by atoms with van der Waals surface area (Å²) in [6, 6.07) is 7.90. The molecule has 0 aromatic heterocycles. The first-order valence-corrected chi connectivity index (χ1v) is 7.19. The van der Waals surface area contributed by atoms with Crippen molar-refractivity contribution >= 4 is 17.5 Å². The van der Waals surface area contributed by atoms with Gasteiger partial charge in [-0.2, -0.15) is 0 Å². The van der Waals surface area contributed by atoms with Crippen LogP contribution >= 0.6 is 11.6 Å². The summed E-state index contributed by atoms with van der Waals surface area (Å²) >= 11 is 6.27. The number of carbonyl (C=O) groups excluding carboxylic acids is 1. The van der Waals surface area contributed by atoms with Crippen LogP contribution in [0.25, 0.3) is 0 Å². The fourth-order valence-corrected chi connectivity index (χ4v) is 2.89. The summed E-state index contributed by atoms with van der Waals surface area (Å²) in [7, 11) is 0. The van der Waals surface area contributed by atoms with Crippen molar-refractivity contribution in [3.63, 3.8) is 0 Å². The highest BCUT2D eigenvalue weighted by molar-refractivity contribution is 6.21. The van der Waals surface area contributed by atoms with Gasteiger partial charge in [0.05, 0.1) is 5.38 Å². The van der Waals surface area contributed by atoms with Gasteiger partial charge in [-0.3, -0.25) is 4.79 Å². The van der Waals surface area contributed by atoms with Crippen LogP contribution in [0.15, 0.2) is 24.3 Å². The van der Waals surface area contributed by atoms with Crippen molar-refractivity contribution in [1.82, 2.24) is 5.32 Å². The Balaban J connectivity index is 2.07. The average molecular weight is 266 g/mol. The van der Waals surface area contributed by atoms with Crippen molar-refractivity contribution in [2.24, 2.45) is 0 Å². The molecular weight excluding hydrogens is 246 g/mol. The third-order valence-electron chi connectivity index (χ3n) is 3.64. The molecule has 1 aromatic carbocycles. The third-order valence-corrected chi connectivity index (χ3v) is 4.16. The van der Waals surface area contributed by atoms with Crippen LogP contribution in [-0.2, 0) is 6.42 Å². The zero-order valence-corrected chi connectivity index (χ0v) is 11.5. The number of benzene rings is 1. The maximum Gasteiger partial charge on any atom is 0.251 e. The predicted octanol–water partition coefficient (Wildman–Crippen LogP) is 3.53. The lowest BCUT2D eigenvalue weighted by atomic mass is 9.94. The van der Waals surface area contributed by atoms with Crippen LogP contribution in [0.5, 0.6) is 0 Å². The van der Waals surface area contributed by atoms with Crippen LogP contribution in [0.4, 0.5) is 0 Å². The molecule has 1 saturated carbocycles. The average Bonchev–Trinajstić information content (AvgIpc) is 2.41. The molecule has 2 unspecified atom stereocenters. The van der Waals surface area contributed by atoms with E-state index in [-0.39, 0.29) is 17.3 Å². The predicted molar refractivity (Wildman–Crippen MR) is 75.2 cm³/mol. The second-order valence-electron chi connectivity index (χ2n) is 4.89.